The molecule has 0 radical (unpaired) electrons. The van der Waals surface area contributed by atoms with Crippen LogP contribution in [0.1, 0.15) is 22.7 Å². The van der Waals surface area contributed by atoms with E-state index in [4.69, 9.17) is 10.5 Å². The molecule has 0 aromatic heterocycles. The third-order valence-electron chi connectivity index (χ3n) is 3.26. The van der Waals surface area contributed by atoms with Crippen molar-refractivity contribution in [3.63, 3.8) is 0 Å². The molecule has 106 valence electrons. The molecule has 0 amide bonds. The van der Waals surface area contributed by atoms with Gasteiger partial charge in [0.15, 0.2) is 0 Å². The Kier molecular flexibility index (Phi) is 4.78. The Balaban J connectivity index is 2.30. The van der Waals surface area contributed by atoms with Gasteiger partial charge in [-0.2, -0.15) is 0 Å². The average Bonchev–Trinajstić information content (AvgIpc) is 2.43. The lowest BCUT2D eigenvalue weighted by molar-refractivity contribution is 0.405. The van der Waals surface area contributed by atoms with E-state index >= 15 is 0 Å². The Morgan fingerprint density at radius 3 is 2.75 bits per heavy atom. The largest absolute Gasteiger partial charge is 0.496 e. The lowest BCUT2D eigenvalue weighted by Crippen LogP contribution is -2.15. The minimum absolute atomic E-state index is 0.247. The smallest absolute Gasteiger partial charge is 0.137 e. The molecule has 0 saturated carbocycles. The van der Waals surface area contributed by atoms with Crippen LogP contribution >= 0.6 is 15.9 Å². The van der Waals surface area contributed by atoms with Crippen molar-refractivity contribution < 1.29 is 9.13 Å². The number of nitrogens with two attached hydrogens (primary N) is 1. The molecule has 0 fully saturated rings. The second-order valence-electron chi connectivity index (χ2n) is 4.77. The molecule has 1 atom stereocenters. The van der Waals surface area contributed by atoms with Crippen LogP contribution in [0.25, 0.3) is 0 Å². The lowest BCUT2D eigenvalue weighted by Gasteiger charge is -2.17. The van der Waals surface area contributed by atoms with Crippen molar-refractivity contribution in [3.05, 3.63) is 63.4 Å². The summed E-state index contributed by atoms with van der Waals surface area (Å²) in [4.78, 5) is 0. The van der Waals surface area contributed by atoms with E-state index in [9.17, 15) is 4.39 Å². The van der Waals surface area contributed by atoms with Crippen LogP contribution in [0, 0.1) is 12.7 Å². The molecular formula is C16H17BrFNO. The standard InChI is InChI=1S/C16H17BrFNO/c1-10-6-7-15(20-2)12(8-10)14(19)9-11-4-3-5-13(18)16(11)17/h3-8,14H,9,19H2,1-2H3. The Morgan fingerprint density at radius 2 is 2.05 bits per heavy atom. The van der Waals surface area contributed by atoms with E-state index < -0.39 is 0 Å². The molecule has 1 unspecified atom stereocenters. The number of benzene rings is 2. The quantitative estimate of drug-likeness (QED) is 0.909. The van der Waals surface area contributed by atoms with Crippen LogP contribution in [-0.2, 0) is 6.42 Å². The number of rotatable bonds is 4. The monoisotopic (exact) mass is 337 g/mol. The maximum Gasteiger partial charge on any atom is 0.137 e. The molecule has 0 bridgehead atoms. The van der Waals surface area contributed by atoms with Crippen molar-refractivity contribution >= 4 is 15.9 Å². The van der Waals surface area contributed by atoms with Gasteiger partial charge in [-0.3, -0.25) is 0 Å². The van der Waals surface area contributed by atoms with Crippen molar-refractivity contribution in [2.24, 2.45) is 5.73 Å². The number of aryl methyl sites for hydroxylation is 1. The van der Waals surface area contributed by atoms with E-state index in [1.165, 1.54) is 6.07 Å². The van der Waals surface area contributed by atoms with Gasteiger partial charge in [0.25, 0.3) is 0 Å². The topological polar surface area (TPSA) is 35.2 Å². The van der Waals surface area contributed by atoms with E-state index in [2.05, 4.69) is 15.9 Å². The van der Waals surface area contributed by atoms with Gasteiger partial charge in [0, 0.05) is 11.6 Å². The summed E-state index contributed by atoms with van der Waals surface area (Å²) in [5, 5.41) is 0. The van der Waals surface area contributed by atoms with Crippen molar-refractivity contribution in [2.75, 3.05) is 7.11 Å². The summed E-state index contributed by atoms with van der Waals surface area (Å²) < 4.78 is 19.4. The fraction of sp³-hybridized carbons (Fsp3) is 0.250. The van der Waals surface area contributed by atoms with Crippen LogP contribution in [0.5, 0.6) is 5.75 Å². The summed E-state index contributed by atoms with van der Waals surface area (Å²) in [7, 11) is 1.62. The minimum atomic E-state index is -0.272. The van der Waals surface area contributed by atoms with Gasteiger partial charge in [-0.15, -0.1) is 0 Å². The molecule has 2 aromatic carbocycles. The van der Waals surface area contributed by atoms with Crippen LogP contribution in [0.15, 0.2) is 40.9 Å². The van der Waals surface area contributed by atoms with Gasteiger partial charge in [-0.05, 0) is 47.0 Å². The zero-order valence-electron chi connectivity index (χ0n) is 11.5. The molecule has 2 nitrogen and oxygen atoms in total. The summed E-state index contributed by atoms with van der Waals surface area (Å²) in [6.07, 6.45) is 0.540. The van der Waals surface area contributed by atoms with Gasteiger partial charge in [-0.1, -0.05) is 29.8 Å². The number of methoxy groups -OCH3 is 1. The van der Waals surface area contributed by atoms with Crippen LogP contribution in [0.2, 0.25) is 0 Å². The van der Waals surface area contributed by atoms with E-state index in [0.29, 0.717) is 10.9 Å². The van der Waals surface area contributed by atoms with Crippen LogP contribution < -0.4 is 10.5 Å². The zero-order valence-corrected chi connectivity index (χ0v) is 13.1. The van der Waals surface area contributed by atoms with Crippen LogP contribution in [0.4, 0.5) is 4.39 Å². The molecule has 0 heterocycles. The normalized spacial score (nSPS) is 12.2. The first-order valence-electron chi connectivity index (χ1n) is 6.36. The molecule has 2 N–H and O–H groups in total. The van der Waals surface area contributed by atoms with E-state index in [1.54, 1.807) is 13.2 Å². The van der Waals surface area contributed by atoms with Gasteiger partial charge in [0.05, 0.1) is 11.6 Å². The second kappa shape index (κ2) is 6.37. The Labute approximate surface area is 126 Å². The summed E-state index contributed by atoms with van der Waals surface area (Å²) >= 11 is 3.27. The van der Waals surface area contributed by atoms with Crippen molar-refractivity contribution in [3.8, 4) is 5.75 Å². The maximum absolute atomic E-state index is 13.5. The molecule has 0 spiro atoms. The van der Waals surface area contributed by atoms with Gasteiger partial charge in [0.2, 0.25) is 0 Å². The Hall–Kier alpha value is -1.39. The third kappa shape index (κ3) is 3.19. The van der Waals surface area contributed by atoms with Gasteiger partial charge >= 0.3 is 0 Å². The van der Waals surface area contributed by atoms with E-state index in [1.807, 2.05) is 31.2 Å². The molecule has 4 heteroatoms. The van der Waals surface area contributed by atoms with Gasteiger partial charge in [0.1, 0.15) is 11.6 Å². The molecule has 0 aliphatic rings. The third-order valence-corrected chi connectivity index (χ3v) is 4.14. The van der Waals surface area contributed by atoms with Crippen molar-refractivity contribution in [2.45, 2.75) is 19.4 Å². The number of ether oxygens (including phenoxy) is 1. The van der Waals surface area contributed by atoms with E-state index in [0.717, 1.165) is 22.4 Å². The summed E-state index contributed by atoms with van der Waals surface area (Å²) in [6, 6.07) is 10.6. The van der Waals surface area contributed by atoms with Crippen molar-refractivity contribution in [1.82, 2.24) is 0 Å². The van der Waals surface area contributed by atoms with Crippen LogP contribution in [0.3, 0.4) is 0 Å². The predicted octanol–water partition coefficient (Wildman–Crippen LogP) is 4.15. The number of halogens is 2. The highest BCUT2D eigenvalue weighted by Gasteiger charge is 2.15. The first-order chi connectivity index (χ1) is 9.52. The number of hydrogen-bond donors (Lipinski definition) is 1. The molecule has 2 rings (SSSR count). The average molecular weight is 338 g/mol. The maximum atomic E-state index is 13.5. The summed E-state index contributed by atoms with van der Waals surface area (Å²) in [5.41, 5.74) is 9.17. The fourth-order valence-electron chi connectivity index (χ4n) is 2.20. The molecule has 0 saturated heterocycles. The highest BCUT2D eigenvalue weighted by molar-refractivity contribution is 9.10. The van der Waals surface area contributed by atoms with Crippen molar-refractivity contribution in [1.29, 1.82) is 0 Å². The molecular weight excluding hydrogens is 321 g/mol. The molecule has 0 aliphatic heterocycles. The summed E-state index contributed by atoms with van der Waals surface area (Å²) in [6.45, 7) is 2.01. The highest BCUT2D eigenvalue weighted by atomic mass is 79.9. The Morgan fingerprint density at radius 1 is 1.30 bits per heavy atom. The second-order valence-corrected chi connectivity index (χ2v) is 5.56. The van der Waals surface area contributed by atoms with E-state index in [-0.39, 0.29) is 11.9 Å². The van der Waals surface area contributed by atoms with Gasteiger partial charge < -0.3 is 10.5 Å². The lowest BCUT2D eigenvalue weighted by atomic mass is 9.97. The number of hydrogen-bond acceptors (Lipinski definition) is 2. The first kappa shape index (κ1) is 15.0. The van der Waals surface area contributed by atoms with Crippen LogP contribution in [-0.4, -0.2) is 7.11 Å². The molecule has 20 heavy (non-hydrogen) atoms. The molecule has 0 aliphatic carbocycles. The zero-order chi connectivity index (χ0) is 14.7. The summed E-state index contributed by atoms with van der Waals surface area (Å²) in [5.74, 6) is 0.488. The Bertz CT molecular complexity index is 615. The van der Waals surface area contributed by atoms with Gasteiger partial charge in [-0.25, -0.2) is 4.39 Å². The predicted molar refractivity (Wildman–Crippen MR) is 82.5 cm³/mol. The SMILES string of the molecule is COc1ccc(C)cc1C(N)Cc1cccc(F)c1Br. The minimum Gasteiger partial charge on any atom is -0.496 e. The highest BCUT2D eigenvalue weighted by Crippen LogP contribution is 2.30. The molecule has 2 aromatic rings. The first-order valence-corrected chi connectivity index (χ1v) is 7.15. The fourth-order valence-corrected chi connectivity index (χ4v) is 2.62.